The monoisotopic (exact) mass is 239 g/mol. The molecular weight excluding hydrogens is 218 g/mol. The zero-order valence-corrected chi connectivity index (χ0v) is 11.2. The summed E-state index contributed by atoms with van der Waals surface area (Å²) in [5.41, 5.74) is 1.68. The normalized spacial score (nSPS) is 22.2. The third-order valence-corrected chi connectivity index (χ3v) is 4.35. The fraction of sp³-hybridized carbons (Fsp3) is 0.412. The first-order valence-corrected chi connectivity index (χ1v) is 6.90. The van der Waals surface area contributed by atoms with Gasteiger partial charge >= 0.3 is 0 Å². The predicted octanol–water partition coefficient (Wildman–Crippen LogP) is 4.83. The summed E-state index contributed by atoms with van der Waals surface area (Å²) in [5, 5.41) is 6.35. The van der Waals surface area contributed by atoms with E-state index < -0.39 is 0 Å². The van der Waals surface area contributed by atoms with E-state index in [0.29, 0.717) is 11.5 Å². The molecule has 1 heteroatoms. The summed E-state index contributed by atoms with van der Waals surface area (Å²) >= 11 is 0. The third-order valence-electron chi connectivity index (χ3n) is 4.35. The SMILES string of the molecule is CC1(C)CCCC1Nc1ccc2ccccc2c1. The Morgan fingerprint density at radius 1 is 1.06 bits per heavy atom. The van der Waals surface area contributed by atoms with E-state index in [2.05, 4.69) is 61.6 Å². The van der Waals surface area contributed by atoms with Gasteiger partial charge in [0.2, 0.25) is 0 Å². The largest absolute Gasteiger partial charge is 0.382 e. The van der Waals surface area contributed by atoms with Crippen molar-refractivity contribution in [2.75, 3.05) is 5.32 Å². The Labute approximate surface area is 109 Å². The second-order valence-corrected chi connectivity index (χ2v) is 6.14. The van der Waals surface area contributed by atoms with Crippen molar-refractivity contribution in [2.24, 2.45) is 5.41 Å². The van der Waals surface area contributed by atoms with Crippen molar-refractivity contribution in [3.05, 3.63) is 42.5 Å². The highest BCUT2D eigenvalue weighted by Gasteiger charge is 2.34. The van der Waals surface area contributed by atoms with Gasteiger partial charge in [-0.05, 0) is 41.2 Å². The van der Waals surface area contributed by atoms with Crippen molar-refractivity contribution in [1.82, 2.24) is 0 Å². The van der Waals surface area contributed by atoms with Crippen molar-refractivity contribution in [3.8, 4) is 0 Å². The topological polar surface area (TPSA) is 12.0 Å². The van der Waals surface area contributed by atoms with Gasteiger partial charge in [0.05, 0.1) is 0 Å². The number of hydrogen-bond acceptors (Lipinski definition) is 1. The molecule has 1 fully saturated rings. The summed E-state index contributed by atoms with van der Waals surface area (Å²) in [6.07, 6.45) is 3.97. The highest BCUT2D eigenvalue weighted by atomic mass is 14.9. The van der Waals surface area contributed by atoms with Gasteiger partial charge in [-0.2, -0.15) is 0 Å². The van der Waals surface area contributed by atoms with E-state index in [9.17, 15) is 0 Å². The molecule has 0 spiro atoms. The minimum absolute atomic E-state index is 0.422. The maximum absolute atomic E-state index is 3.72. The maximum Gasteiger partial charge on any atom is 0.0348 e. The molecular formula is C17H21N. The molecule has 94 valence electrons. The lowest BCUT2D eigenvalue weighted by Crippen LogP contribution is -2.30. The molecule has 2 aromatic carbocycles. The van der Waals surface area contributed by atoms with Gasteiger partial charge in [0.1, 0.15) is 0 Å². The van der Waals surface area contributed by atoms with E-state index in [1.807, 2.05) is 0 Å². The molecule has 0 aliphatic heterocycles. The standard InChI is InChI=1S/C17H21N/c1-17(2)11-5-8-16(17)18-15-10-9-13-6-3-4-7-14(13)12-15/h3-4,6-7,9-10,12,16,18H,5,8,11H2,1-2H3. The molecule has 1 saturated carbocycles. The van der Waals surface area contributed by atoms with E-state index in [1.54, 1.807) is 0 Å². The van der Waals surface area contributed by atoms with Crippen LogP contribution < -0.4 is 5.32 Å². The van der Waals surface area contributed by atoms with Crippen LogP contribution in [-0.2, 0) is 0 Å². The van der Waals surface area contributed by atoms with Crippen LogP contribution >= 0.6 is 0 Å². The first-order valence-electron chi connectivity index (χ1n) is 6.90. The molecule has 1 N–H and O–H groups in total. The minimum Gasteiger partial charge on any atom is -0.382 e. The summed E-state index contributed by atoms with van der Waals surface area (Å²) in [7, 11) is 0. The van der Waals surface area contributed by atoms with Crippen molar-refractivity contribution >= 4 is 16.5 Å². The number of hydrogen-bond donors (Lipinski definition) is 1. The van der Waals surface area contributed by atoms with Gasteiger partial charge in [-0.1, -0.05) is 50.6 Å². The van der Waals surface area contributed by atoms with E-state index in [0.717, 1.165) is 0 Å². The van der Waals surface area contributed by atoms with E-state index >= 15 is 0 Å². The summed E-state index contributed by atoms with van der Waals surface area (Å²) in [5.74, 6) is 0. The van der Waals surface area contributed by atoms with Crippen LogP contribution in [0, 0.1) is 5.41 Å². The first-order chi connectivity index (χ1) is 8.65. The molecule has 0 saturated heterocycles. The zero-order valence-electron chi connectivity index (χ0n) is 11.2. The van der Waals surface area contributed by atoms with Crippen LogP contribution in [0.5, 0.6) is 0 Å². The lowest BCUT2D eigenvalue weighted by atomic mass is 9.87. The smallest absolute Gasteiger partial charge is 0.0348 e. The minimum atomic E-state index is 0.422. The quantitative estimate of drug-likeness (QED) is 0.791. The van der Waals surface area contributed by atoms with Gasteiger partial charge in [-0.15, -0.1) is 0 Å². The van der Waals surface area contributed by atoms with Crippen LogP contribution in [0.15, 0.2) is 42.5 Å². The molecule has 0 aromatic heterocycles. The molecule has 0 bridgehead atoms. The van der Waals surface area contributed by atoms with E-state index in [4.69, 9.17) is 0 Å². The average molecular weight is 239 g/mol. The third kappa shape index (κ3) is 2.10. The van der Waals surface area contributed by atoms with Gasteiger partial charge in [0.15, 0.2) is 0 Å². The van der Waals surface area contributed by atoms with E-state index in [-0.39, 0.29) is 0 Å². The van der Waals surface area contributed by atoms with Crippen molar-refractivity contribution in [3.63, 3.8) is 0 Å². The Morgan fingerprint density at radius 2 is 1.83 bits per heavy atom. The lowest BCUT2D eigenvalue weighted by molar-refractivity contribution is 0.350. The first kappa shape index (κ1) is 11.6. The fourth-order valence-corrected chi connectivity index (χ4v) is 3.07. The van der Waals surface area contributed by atoms with Gasteiger partial charge in [0, 0.05) is 11.7 Å². The molecule has 1 nitrogen and oxygen atoms in total. The molecule has 1 unspecified atom stereocenters. The van der Waals surface area contributed by atoms with Gasteiger partial charge in [-0.3, -0.25) is 0 Å². The Hall–Kier alpha value is -1.50. The van der Waals surface area contributed by atoms with Crippen LogP contribution in [0.25, 0.3) is 10.8 Å². The summed E-state index contributed by atoms with van der Waals surface area (Å²) in [6, 6.07) is 15.8. The van der Waals surface area contributed by atoms with Crippen molar-refractivity contribution in [1.29, 1.82) is 0 Å². The molecule has 0 heterocycles. The maximum atomic E-state index is 3.72. The molecule has 3 rings (SSSR count). The molecule has 2 aromatic rings. The van der Waals surface area contributed by atoms with Crippen molar-refractivity contribution < 1.29 is 0 Å². The number of anilines is 1. The number of benzene rings is 2. The van der Waals surface area contributed by atoms with Crippen LogP contribution in [-0.4, -0.2) is 6.04 Å². The Morgan fingerprint density at radius 3 is 2.56 bits per heavy atom. The molecule has 0 amide bonds. The van der Waals surface area contributed by atoms with Gasteiger partial charge < -0.3 is 5.32 Å². The van der Waals surface area contributed by atoms with Crippen LogP contribution in [0.2, 0.25) is 0 Å². The molecule has 1 aliphatic carbocycles. The van der Waals surface area contributed by atoms with Gasteiger partial charge in [0.25, 0.3) is 0 Å². The highest BCUT2D eigenvalue weighted by molar-refractivity contribution is 5.85. The molecule has 18 heavy (non-hydrogen) atoms. The van der Waals surface area contributed by atoms with Crippen molar-refractivity contribution in [2.45, 2.75) is 39.2 Å². The Balaban J connectivity index is 1.87. The molecule has 0 radical (unpaired) electrons. The lowest BCUT2D eigenvalue weighted by Gasteiger charge is -2.28. The highest BCUT2D eigenvalue weighted by Crippen LogP contribution is 2.39. The second-order valence-electron chi connectivity index (χ2n) is 6.14. The summed E-state index contributed by atoms with van der Waals surface area (Å²) < 4.78 is 0. The predicted molar refractivity (Wildman–Crippen MR) is 79.0 cm³/mol. The zero-order chi connectivity index (χ0) is 12.6. The number of nitrogens with one attached hydrogen (secondary N) is 1. The van der Waals surface area contributed by atoms with Gasteiger partial charge in [-0.25, -0.2) is 0 Å². The molecule has 1 aliphatic rings. The number of rotatable bonds is 2. The summed E-state index contributed by atoms with van der Waals surface area (Å²) in [4.78, 5) is 0. The Bertz CT molecular complexity index is 556. The molecule has 1 atom stereocenters. The fourth-order valence-electron chi connectivity index (χ4n) is 3.07. The van der Waals surface area contributed by atoms with Crippen LogP contribution in [0.1, 0.15) is 33.1 Å². The number of fused-ring (bicyclic) bond motifs is 1. The van der Waals surface area contributed by atoms with E-state index in [1.165, 1.54) is 35.7 Å². The van der Waals surface area contributed by atoms with Crippen LogP contribution in [0.3, 0.4) is 0 Å². The summed E-state index contributed by atoms with van der Waals surface area (Å²) in [6.45, 7) is 4.75. The average Bonchev–Trinajstić information content (AvgIpc) is 2.69. The van der Waals surface area contributed by atoms with Crippen LogP contribution in [0.4, 0.5) is 5.69 Å². The second kappa shape index (κ2) is 4.31. The Kier molecular flexibility index (Phi) is 2.77.